The maximum atomic E-state index is 12.3. The van der Waals surface area contributed by atoms with Gasteiger partial charge in [-0.2, -0.15) is 0 Å². The molecule has 0 unspecified atom stereocenters. The summed E-state index contributed by atoms with van der Waals surface area (Å²) in [4.78, 5) is 25.4. The van der Waals surface area contributed by atoms with E-state index in [4.69, 9.17) is 4.74 Å². The molecule has 1 aliphatic heterocycles. The van der Waals surface area contributed by atoms with Crippen molar-refractivity contribution >= 4 is 28.3 Å². The van der Waals surface area contributed by atoms with Crippen LogP contribution in [-0.4, -0.2) is 25.0 Å². The van der Waals surface area contributed by atoms with Gasteiger partial charge in [-0.15, -0.1) is 0 Å². The number of carbonyl (C=O) groups excluding carboxylic acids is 2. The van der Waals surface area contributed by atoms with Gasteiger partial charge in [-0.1, -0.05) is 24.3 Å². The molecule has 96 valence electrons. The summed E-state index contributed by atoms with van der Waals surface area (Å²) in [7, 11) is 0. The number of rotatable bonds is 3. The van der Waals surface area contributed by atoms with E-state index in [-0.39, 0.29) is 18.4 Å². The van der Waals surface area contributed by atoms with E-state index in [1.54, 1.807) is 13.0 Å². The fourth-order valence-electron chi connectivity index (χ4n) is 2.47. The number of benzene rings is 2. The highest BCUT2D eigenvalue weighted by molar-refractivity contribution is 6.25. The van der Waals surface area contributed by atoms with Crippen LogP contribution in [0.25, 0.3) is 10.8 Å². The van der Waals surface area contributed by atoms with Crippen LogP contribution >= 0.6 is 0 Å². The molecule has 1 amide bonds. The summed E-state index contributed by atoms with van der Waals surface area (Å²) in [5.41, 5.74) is 1.43. The molecule has 0 bridgehead atoms. The Balaban J connectivity index is 2.05. The van der Waals surface area contributed by atoms with E-state index in [2.05, 4.69) is 0 Å². The average molecular weight is 255 g/mol. The Morgan fingerprint density at radius 2 is 1.95 bits per heavy atom. The summed E-state index contributed by atoms with van der Waals surface area (Å²) >= 11 is 0. The number of esters is 1. The van der Waals surface area contributed by atoms with Gasteiger partial charge in [0.1, 0.15) is 6.54 Å². The van der Waals surface area contributed by atoms with Crippen molar-refractivity contribution in [2.75, 3.05) is 18.1 Å². The number of anilines is 1. The van der Waals surface area contributed by atoms with E-state index in [1.165, 1.54) is 4.90 Å². The van der Waals surface area contributed by atoms with Crippen LogP contribution in [0.2, 0.25) is 0 Å². The molecule has 0 aromatic heterocycles. The van der Waals surface area contributed by atoms with E-state index < -0.39 is 0 Å². The Bertz CT molecular complexity index is 673. The minimum absolute atomic E-state index is 0.0412. The van der Waals surface area contributed by atoms with Crippen molar-refractivity contribution < 1.29 is 14.3 Å². The quantitative estimate of drug-likeness (QED) is 0.791. The highest BCUT2D eigenvalue weighted by Crippen LogP contribution is 2.36. The lowest BCUT2D eigenvalue weighted by molar-refractivity contribution is -0.141. The molecule has 1 aliphatic rings. The molecular weight excluding hydrogens is 242 g/mol. The predicted molar refractivity (Wildman–Crippen MR) is 72.3 cm³/mol. The first-order valence-electron chi connectivity index (χ1n) is 6.21. The van der Waals surface area contributed by atoms with Crippen molar-refractivity contribution in [1.29, 1.82) is 0 Å². The fraction of sp³-hybridized carbons (Fsp3) is 0.200. The smallest absolute Gasteiger partial charge is 0.326 e. The van der Waals surface area contributed by atoms with Gasteiger partial charge in [0, 0.05) is 10.9 Å². The number of amides is 1. The third kappa shape index (κ3) is 1.76. The summed E-state index contributed by atoms with van der Waals surface area (Å²) in [5, 5.41) is 1.93. The zero-order chi connectivity index (χ0) is 13.4. The van der Waals surface area contributed by atoms with Gasteiger partial charge in [-0.25, -0.2) is 0 Å². The molecule has 2 aromatic rings. The topological polar surface area (TPSA) is 46.6 Å². The second kappa shape index (κ2) is 4.39. The highest BCUT2D eigenvalue weighted by Gasteiger charge is 2.30. The zero-order valence-corrected chi connectivity index (χ0v) is 10.6. The molecule has 0 N–H and O–H groups in total. The van der Waals surface area contributed by atoms with Crippen LogP contribution in [0, 0.1) is 0 Å². The number of ether oxygens (including phenoxy) is 1. The van der Waals surface area contributed by atoms with Crippen molar-refractivity contribution in [2.24, 2.45) is 0 Å². The minimum atomic E-state index is -0.388. The maximum Gasteiger partial charge on any atom is 0.326 e. The normalized spacial score (nSPS) is 13.1. The van der Waals surface area contributed by atoms with Gasteiger partial charge in [-0.3, -0.25) is 14.5 Å². The Morgan fingerprint density at radius 3 is 2.68 bits per heavy atom. The number of hydrogen-bond acceptors (Lipinski definition) is 3. The minimum Gasteiger partial charge on any atom is -0.465 e. The lowest BCUT2D eigenvalue weighted by Gasteiger charge is -2.16. The van der Waals surface area contributed by atoms with E-state index in [9.17, 15) is 9.59 Å². The van der Waals surface area contributed by atoms with E-state index >= 15 is 0 Å². The Labute approximate surface area is 110 Å². The summed E-state index contributed by atoms with van der Waals surface area (Å²) < 4.78 is 4.91. The SMILES string of the molecule is CCOC(=O)CN1C(=O)c2cccc3cccc1c23. The summed E-state index contributed by atoms with van der Waals surface area (Å²) in [6.45, 7) is 2.03. The van der Waals surface area contributed by atoms with Gasteiger partial charge >= 0.3 is 5.97 Å². The van der Waals surface area contributed by atoms with Gasteiger partial charge in [0.25, 0.3) is 5.91 Å². The molecule has 2 aromatic carbocycles. The Morgan fingerprint density at radius 1 is 1.21 bits per heavy atom. The van der Waals surface area contributed by atoms with Gasteiger partial charge in [0.2, 0.25) is 0 Å². The van der Waals surface area contributed by atoms with Crippen LogP contribution in [0.1, 0.15) is 17.3 Å². The molecule has 0 radical (unpaired) electrons. The molecule has 1 heterocycles. The Kier molecular flexibility index (Phi) is 2.71. The molecule has 0 fully saturated rings. The number of hydrogen-bond donors (Lipinski definition) is 0. The van der Waals surface area contributed by atoms with Crippen molar-refractivity contribution in [3.8, 4) is 0 Å². The van der Waals surface area contributed by atoms with Crippen molar-refractivity contribution in [3.05, 3.63) is 42.0 Å². The van der Waals surface area contributed by atoms with Crippen LogP contribution in [0.4, 0.5) is 5.69 Å². The van der Waals surface area contributed by atoms with Gasteiger partial charge in [-0.05, 0) is 24.4 Å². The number of nitrogens with zero attached hydrogens (tertiary/aromatic N) is 1. The standard InChI is InChI=1S/C15H13NO3/c1-2-19-13(17)9-16-12-8-4-6-10-5-3-7-11(14(10)12)15(16)18/h3-8H,2,9H2,1H3. The van der Waals surface area contributed by atoms with Gasteiger partial charge in [0.05, 0.1) is 12.3 Å². The van der Waals surface area contributed by atoms with Crippen LogP contribution in [0.15, 0.2) is 36.4 Å². The Hall–Kier alpha value is -2.36. The first-order chi connectivity index (χ1) is 9.22. The molecule has 19 heavy (non-hydrogen) atoms. The third-order valence-corrected chi connectivity index (χ3v) is 3.24. The maximum absolute atomic E-state index is 12.3. The zero-order valence-electron chi connectivity index (χ0n) is 10.6. The molecule has 0 saturated carbocycles. The predicted octanol–water partition coefficient (Wildman–Crippen LogP) is 2.36. The van der Waals surface area contributed by atoms with E-state index in [0.29, 0.717) is 12.2 Å². The van der Waals surface area contributed by atoms with Crippen LogP contribution in [0.3, 0.4) is 0 Å². The molecule has 0 atom stereocenters. The molecule has 0 saturated heterocycles. The lowest BCUT2D eigenvalue weighted by Crippen LogP contribution is -2.33. The second-order valence-electron chi connectivity index (χ2n) is 4.38. The van der Waals surface area contributed by atoms with Crippen LogP contribution in [0.5, 0.6) is 0 Å². The summed E-state index contributed by atoms with van der Waals surface area (Å²) in [5.74, 6) is -0.527. The van der Waals surface area contributed by atoms with E-state index in [1.807, 2.05) is 30.3 Å². The highest BCUT2D eigenvalue weighted by atomic mass is 16.5. The van der Waals surface area contributed by atoms with E-state index in [0.717, 1.165) is 16.5 Å². The molecule has 4 nitrogen and oxygen atoms in total. The van der Waals surface area contributed by atoms with Gasteiger partial charge in [0.15, 0.2) is 0 Å². The van der Waals surface area contributed by atoms with Crippen LogP contribution < -0.4 is 4.90 Å². The van der Waals surface area contributed by atoms with Crippen molar-refractivity contribution in [2.45, 2.75) is 6.92 Å². The first-order valence-corrected chi connectivity index (χ1v) is 6.21. The molecule has 3 rings (SSSR count). The fourth-order valence-corrected chi connectivity index (χ4v) is 2.47. The molecule has 0 spiro atoms. The average Bonchev–Trinajstić information content (AvgIpc) is 2.68. The van der Waals surface area contributed by atoms with Crippen molar-refractivity contribution in [1.82, 2.24) is 0 Å². The molecule has 4 heteroatoms. The second-order valence-corrected chi connectivity index (χ2v) is 4.38. The summed E-state index contributed by atoms with van der Waals surface area (Å²) in [6.07, 6.45) is 0. The first kappa shape index (κ1) is 11.7. The van der Waals surface area contributed by atoms with Crippen LogP contribution in [-0.2, 0) is 9.53 Å². The summed E-state index contributed by atoms with van der Waals surface area (Å²) in [6, 6.07) is 11.3. The molecule has 0 aliphatic carbocycles. The third-order valence-electron chi connectivity index (χ3n) is 3.24. The monoisotopic (exact) mass is 255 g/mol. The largest absolute Gasteiger partial charge is 0.465 e. The number of carbonyl (C=O) groups is 2. The van der Waals surface area contributed by atoms with Gasteiger partial charge < -0.3 is 4.74 Å². The molecular formula is C15H13NO3. The van der Waals surface area contributed by atoms with Crippen molar-refractivity contribution in [3.63, 3.8) is 0 Å². The lowest BCUT2D eigenvalue weighted by atomic mass is 10.1.